The largest absolute Gasteiger partial charge is 0.494 e. The van der Waals surface area contributed by atoms with Crippen LogP contribution >= 0.6 is 0 Å². The number of nitrogens with zero attached hydrogens (tertiary/aromatic N) is 1. The number of hydrogen-bond acceptors (Lipinski definition) is 6. The van der Waals surface area contributed by atoms with E-state index in [0.29, 0.717) is 11.3 Å². The van der Waals surface area contributed by atoms with Crippen LogP contribution in [0.3, 0.4) is 0 Å². The normalized spacial score (nSPS) is 12.8. The van der Waals surface area contributed by atoms with Gasteiger partial charge in [-0.2, -0.15) is 0 Å². The molecule has 1 unspecified atom stereocenters. The molecule has 0 saturated carbocycles. The van der Waals surface area contributed by atoms with Crippen LogP contribution in [0.4, 0.5) is 0 Å². The average molecular weight is 265 g/mol. The highest BCUT2D eigenvalue weighted by atomic mass is 16.5. The van der Waals surface area contributed by atoms with Gasteiger partial charge in [0, 0.05) is 12.0 Å². The Kier molecular flexibility index (Phi) is 5.49. The number of oxime groups is 1. The molecule has 101 valence electrons. The Bertz CT molecular complexity index is 470. The van der Waals surface area contributed by atoms with Crippen molar-refractivity contribution in [1.82, 2.24) is 0 Å². The maximum absolute atomic E-state index is 10.5. The molecule has 1 rings (SSSR count). The monoisotopic (exact) mass is 265 g/mol. The summed E-state index contributed by atoms with van der Waals surface area (Å²) in [5.74, 6) is -0.589. The zero-order valence-electron chi connectivity index (χ0n) is 9.94. The van der Waals surface area contributed by atoms with Crippen LogP contribution in [0.1, 0.15) is 12.0 Å². The lowest BCUT2D eigenvalue weighted by atomic mass is 10.1. The van der Waals surface area contributed by atoms with Gasteiger partial charge in [0.15, 0.2) is 5.71 Å². The molecular formula is C12H13N2O5. The van der Waals surface area contributed by atoms with Gasteiger partial charge in [0.2, 0.25) is 0 Å². The Morgan fingerprint density at radius 2 is 2.05 bits per heavy atom. The van der Waals surface area contributed by atoms with E-state index < -0.39 is 12.0 Å². The summed E-state index contributed by atoms with van der Waals surface area (Å²) in [5.41, 5.74) is 5.50. The predicted octanol–water partition coefficient (Wildman–Crippen LogP) is 0.155. The van der Waals surface area contributed by atoms with Gasteiger partial charge in [-0.05, 0) is 24.3 Å². The first-order valence-electron chi connectivity index (χ1n) is 5.40. The lowest BCUT2D eigenvalue weighted by Crippen LogP contribution is -2.31. The van der Waals surface area contributed by atoms with E-state index in [0.717, 1.165) is 0 Å². The molecule has 1 aromatic rings. The second-order valence-corrected chi connectivity index (χ2v) is 3.66. The smallest absolute Gasteiger partial charge is 0.320 e. The molecule has 0 saturated heterocycles. The highest BCUT2D eigenvalue weighted by Gasteiger charge is 2.11. The van der Waals surface area contributed by atoms with Crippen molar-refractivity contribution in [3.8, 4) is 5.75 Å². The second-order valence-electron chi connectivity index (χ2n) is 3.66. The van der Waals surface area contributed by atoms with Crippen molar-refractivity contribution in [2.24, 2.45) is 10.9 Å². The lowest BCUT2D eigenvalue weighted by molar-refractivity contribution is -0.138. The fourth-order valence-corrected chi connectivity index (χ4v) is 1.27. The highest BCUT2D eigenvalue weighted by molar-refractivity contribution is 6.36. The third kappa shape index (κ3) is 4.40. The van der Waals surface area contributed by atoms with Crippen LogP contribution in [0.25, 0.3) is 0 Å². The Morgan fingerprint density at radius 1 is 1.42 bits per heavy atom. The van der Waals surface area contributed by atoms with E-state index in [4.69, 9.17) is 20.8 Å². The molecule has 1 radical (unpaired) electrons. The molecule has 0 aliphatic carbocycles. The van der Waals surface area contributed by atoms with Gasteiger partial charge in [0.25, 0.3) is 6.29 Å². The number of carboxylic acids is 1. The number of ether oxygens (including phenoxy) is 1. The molecule has 0 bridgehead atoms. The molecule has 1 atom stereocenters. The summed E-state index contributed by atoms with van der Waals surface area (Å²) in [5, 5.41) is 19.9. The van der Waals surface area contributed by atoms with Crippen molar-refractivity contribution in [1.29, 1.82) is 0 Å². The molecule has 0 spiro atoms. The van der Waals surface area contributed by atoms with Gasteiger partial charge in [0.05, 0.1) is 6.61 Å². The van der Waals surface area contributed by atoms with E-state index in [1.54, 1.807) is 12.1 Å². The summed E-state index contributed by atoms with van der Waals surface area (Å²) < 4.78 is 5.28. The number of rotatable bonds is 7. The Hall–Kier alpha value is -2.41. The van der Waals surface area contributed by atoms with Crippen LogP contribution < -0.4 is 10.5 Å². The molecule has 1 aromatic carbocycles. The van der Waals surface area contributed by atoms with Crippen LogP contribution in [0.5, 0.6) is 5.75 Å². The third-order valence-electron chi connectivity index (χ3n) is 2.34. The zero-order valence-corrected chi connectivity index (χ0v) is 9.94. The minimum absolute atomic E-state index is 0.160. The molecule has 0 fully saturated rings. The minimum Gasteiger partial charge on any atom is -0.494 e. The molecular weight excluding hydrogens is 252 g/mol. The van der Waals surface area contributed by atoms with Gasteiger partial charge in [-0.15, -0.1) is 0 Å². The first kappa shape index (κ1) is 14.7. The molecule has 19 heavy (non-hydrogen) atoms. The topological polar surface area (TPSA) is 122 Å². The predicted molar refractivity (Wildman–Crippen MR) is 66.2 cm³/mol. The molecule has 0 amide bonds. The van der Waals surface area contributed by atoms with Crippen LogP contribution in [-0.2, 0) is 9.59 Å². The standard InChI is InChI=1S/C12H13N2O5/c13-10(12(16)17)5-6-19-9-3-1-8(2-4-9)11(7-15)14-18/h1-4,10,18H,5-6,13H2,(H,16,17)/b14-11+. The van der Waals surface area contributed by atoms with Crippen molar-refractivity contribution < 1.29 is 24.6 Å². The van der Waals surface area contributed by atoms with Crippen molar-refractivity contribution in [2.45, 2.75) is 12.5 Å². The molecule has 0 heterocycles. The van der Waals surface area contributed by atoms with Gasteiger partial charge in [0.1, 0.15) is 11.8 Å². The van der Waals surface area contributed by atoms with Crippen molar-refractivity contribution in [2.75, 3.05) is 6.61 Å². The first-order valence-corrected chi connectivity index (χ1v) is 5.40. The summed E-state index contributed by atoms with van der Waals surface area (Å²) in [4.78, 5) is 20.9. The van der Waals surface area contributed by atoms with E-state index in [2.05, 4.69) is 5.16 Å². The molecule has 0 aliphatic heterocycles. The number of carbonyl (C=O) groups excluding carboxylic acids is 1. The van der Waals surface area contributed by atoms with Crippen LogP contribution in [0, 0.1) is 0 Å². The third-order valence-corrected chi connectivity index (χ3v) is 2.34. The summed E-state index contributed by atoms with van der Waals surface area (Å²) in [6, 6.07) is 5.20. The number of carboxylic acid groups (broad SMARTS) is 1. The number of benzene rings is 1. The van der Waals surface area contributed by atoms with Crippen LogP contribution in [-0.4, -0.2) is 40.9 Å². The van der Waals surface area contributed by atoms with E-state index in [1.807, 2.05) is 0 Å². The fraction of sp³-hybridized carbons (Fsp3) is 0.250. The van der Waals surface area contributed by atoms with Gasteiger partial charge < -0.3 is 20.8 Å². The van der Waals surface area contributed by atoms with Gasteiger partial charge in [-0.3, -0.25) is 9.59 Å². The molecule has 0 aliphatic rings. The lowest BCUT2D eigenvalue weighted by Gasteiger charge is -2.08. The Morgan fingerprint density at radius 3 is 2.53 bits per heavy atom. The second kappa shape index (κ2) is 7.12. The Labute approximate surface area is 109 Å². The molecule has 7 heteroatoms. The fourth-order valence-electron chi connectivity index (χ4n) is 1.27. The van der Waals surface area contributed by atoms with Crippen molar-refractivity contribution >= 4 is 18.0 Å². The summed E-state index contributed by atoms with van der Waals surface area (Å²) in [6.45, 7) is 0.160. The van der Waals surface area contributed by atoms with Crippen molar-refractivity contribution in [3.05, 3.63) is 29.8 Å². The number of hydrogen-bond donors (Lipinski definition) is 3. The average Bonchev–Trinajstić information content (AvgIpc) is 2.41. The minimum atomic E-state index is -1.08. The van der Waals surface area contributed by atoms with Crippen molar-refractivity contribution in [3.63, 3.8) is 0 Å². The van der Waals surface area contributed by atoms with E-state index in [9.17, 15) is 9.59 Å². The molecule has 0 aromatic heterocycles. The van der Waals surface area contributed by atoms with Crippen LogP contribution in [0.2, 0.25) is 0 Å². The number of aliphatic carboxylic acids is 1. The zero-order chi connectivity index (χ0) is 14.3. The quantitative estimate of drug-likeness (QED) is 0.366. The maximum Gasteiger partial charge on any atom is 0.320 e. The number of carbonyl (C=O) groups is 1. The molecule has 4 N–H and O–H groups in total. The van der Waals surface area contributed by atoms with Gasteiger partial charge >= 0.3 is 5.97 Å². The van der Waals surface area contributed by atoms with E-state index >= 15 is 0 Å². The van der Waals surface area contributed by atoms with Gasteiger partial charge in [-0.1, -0.05) is 5.16 Å². The summed E-state index contributed by atoms with van der Waals surface area (Å²) in [7, 11) is 0. The highest BCUT2D eigenvalue weighted by Crippen LogP contribution is 2.13. The number of nitrogens with two attached hydrogens (primary N) is 1. The van der Waals surface area contributed by atoms with E-state index in [1.165, 1.54) is 18.4 Å². The maximum atomic E-state index is 10.5. The molecule has 7 nitrogen and oxygen atoms in total. The first-order chi connectivity index (χ1) is 9.08. The van der Waals surface area contributed by atoms with Gasteiger partial charge in [-0.25, -0.2) is 0 Å². The summed E-state index contributed by atoms with van der Waals surface area (Å²) >= 11 is 0. The summed E-state index contributed by atoms with van der Waals surface area (Å²) in [6.07, 6.45) is 1.67. The SMILES string of the molecule is NC(CCOc1ccc(/C([C]=O)=N/O)cc1)C(=O)O. The Balaban J connectivity index is 2.53. The van der Waals surface area contributed by atoms with E-state index in [-0.39, 0.29) is 18.7 Å². The van der Waals surface area contributed by atoms with Crippen LogP contribution in [0.15, 0.2) is 29.4 Å².